The van der Waals surface area contributed by atoms with Crippen LogP contribution in [0.5, 0.6) is 0 Å². The molecule has 0 aliphatic heterocycles. The summed E-state index contributed by atoms with van der Waals surface area (Å²) >= 11 is 0. The van der Waals surface area contributed by atoms with E-state index < -0.39 is 0 Å². The van der Waals surface area contributed by atoms with E-state index in [2.05, 4.69) is 29.1 Å². The molecule has 0 unspecified atom stereocenters. The molecule has 0 aromatic carbocycles. The summed E-state index contributed by atoms with van der Waals surface area (Å²) in [4.78, 5) is 29.4. The smallest absolute Gasteiger partial charge is 0.332 e. The zero-order chi connectivity index (χ0) is 13.7. The molecule has 2 aromatic heterocycles. The molecule has 2 rings (SSSR count). The molecule has 0 saturated carbocycles. The van der Waals surface area contributed by atoms with Crippen LogP contribution < -0.4 is 16.6 Å². The first kappa shape index (κ1) is 14.2. The van der Waals surface area contributed by atoms with Gasteiger partial charge < -0.3 is 10.3 Å². The third-order valence-corrected chi connectivity index (χ3v) is 2.53. The van der Waals surface area contributed by atoms with Crippen LogP contribution in [-0.4, -0.2) is 32.2 Å². The Kier molecular flexibility index (Phi) is 4.85. The molecular formula is C11H19N5O2. The number of nitrogens with one attached hydrogen (secondary N) is 2. The number of fused-ring (bicyclic) bond motifs is 1. The topological polar surface area (TPSA) is 84.7 Å². The lowest BCUT2D eigenvalue weighted by atomic mass is 10.5. The molecule has 18 heavy (non-hydrogen) atoms. The predicted octanol–water partition coefficient (Wildman–Crippen LogP) is -0.424. The lowest BCUT2D eigenvalue weighted by molar-refractivity contribution is 0.709. The second-order valence-corrected chi connectivity index (χ2v) is 3.76. The van der Waals surface area contributed by atoms with Crippen LogP contribution in [0.4, 0.5) is 0 Å². The van der Waals surface area contributed by atoms with Crippen molar-refractivity contribution in [2.75, 3.05) is 13.1 Å². The third-order valence-electron chi connectivity index (χ3n) is 2.53. The largest absolute Gasteiger partial charge is 0.339 e. The van der Waals surface area contributed by atoms with Gasteiger partial charge in [-0.15, -0.1) is 0 Å². The molecule has 0 fully saturated rings. The van der Waals surface area contributed by atoms with Crippen LogP contribution in [0.1, 0.15) is 13.8 Å². The SMILES string of the molecule is CCNCC.Cn1c(=O)c2[nH]cnc2n(C)c1=O. The zero-order valence-corrected chi connectivity index (χ0v) is 11.1. The van der Waals surface area contributed by atoms with Crippen LogP contribution in [0.3, 0.4) is 0 Å². The van der Waals surface area contributed by atoms with Gasteiger partial charge in [0.1, 0.15) is 5.52 Å². The van der Waals surface area contributed by atoms with E-state index >= 15 is 0 Å². The summed E-state index contributed by atoms with van der Waals surface area (Å²) in [6.45, 7) is 6.39. The minimum absolute atomic E-state index is 0.351. The monoisotopic (exact) mass is 253 g/mol. The number of aryl methyl sites for hydroxylation is 1. The first-order valence-corrected chi connectivity index (χ1v) is 5.84. The van der Waals surface area contributed by atoms with Crippen molar-refractivity contribution >= 4 is 11.2 Å². The van der Waals surface area contributed by atoms with Crippen LogP contribution in [0.15, 0.2) is 15.9 Å². The van der Waals surface area contributed by atoms with Crippen molar-refractivity contribution in [1.82, 2.24) is 24.4 Å². The van der Waals surface area contributed by atoms with Gasteiger partial charge in [0.25, 0.3) is 5.56 Å². The summed E-state index contributed by atoms with van der Waals surface area (Å²) in [6, 6.07) is 0. The predicted molar refractivity (Wildman–Crippen MR) is 70.8 cm³/mol. The maximum absolute atomic E-state index is 11.4. The van der Waals surface area contributed by atoms with Gasteiger partial charge in [-0.2, -0.15) is 0 Å². The second kappa shape index (κ2) is 6.15. The lowest BCUT2D eigenvalue weighted by Gasteiger charge is -2.00. The van der Waals surface area contributed by atoms with E-state index in [9.17, 15) is 9.59 Å². The van der Waals surface area contributed by atoms with Crippen LogP contribution in [0.2, 0.25) is 0 Å². The van der Waals surface area contributed by atoms with Crippen molar-refractivity contribution in [1.29, 1.82) is 0 Å². The summed E-state index contributed by atoms with van der Waals surface area (Å²) in [5.74, 6) is 0. The summed E-state index contributed by atoms with van der Waals surface area (Å²) in [7, 11) is 3.01. The fraction of sp³-hybridized carbons (Fsp3) is 0.545. The van der Waals surface area contributed by atoms with Gasteiger partial charge in [-0.3, -0.25) is 13.9 Å². The molecule has 7 nitrogen and oxygen atoms in total. The van der Waals surface area contributed by atoms with Crippen LogP contribution in [0, 0.1) is 0 Å². The molecule has 0 aliphatic rings. The molecular weight excluding hydrogens is 234 g/mol. The van der Waals surface area contributed by atoms with E-state index in [1.807, 2.05) is 0 Å². The summed E-state index contributed by atoms with van der Waals surface area (Å²) in [5, 5.41) is 3.11. The van der Waals surface area contributed by atoms with Gasteiger partial charge in [-0.1, -0.05) is 13.8 Å². The van der Waals surface area contributed by atoms with Gasteiger partial charge in [-0.25, -0.2) is 9.78 Å². The molecule has 100 valence electrons. The van der Waals surface area contributed by atoms with E-state index in [4.69, 9.17) is 0 Å². The van der Waals surface area contributed by atoms with Gasteiger partial charge in [-0.05, 0) is 13.1 Å². The molecule has 0 aliphatic carbocycles. The highest BCUT2D eigenvalue weighted by Crippen LogP contribution is 1.97. The van der Waals surface area contributed by atoms with Crippen molar-refractivity contribution in [3.63, 3.8) is 0 Å². The first-order valence-electron chi connectivity index (χ1n) is 5.84. The van der Waals surface area contributed by atoms with Crippen molar-refractivity contribution in [3.8, 4) is 0 Å². The highest BCUT2D eigenvalue weighted by molar-refractivity contribution is 5.68. The normalized spacial score (nSPS) is 10.2. The van der Waals surface area contributed by atoms with E-state index in [1.54, 1.807) is 7.05 Å². The van der Waals surface area contributed by atoms with Crippen LogP contribution in [0.25, 0.3) is 11.2 Å². The number of hydrogen-bond acceptors (Lipinski definition) is 4. The third kappa shape index (κ3) is 2.67. The minimum Gasteiger partial charge on any atom is -0.339 e. The summed E-state index contributed by atoms with van der Waals surface area (Å²) in [5.41, 5.74) is 0.0119. The quantitative estimate of drug-likeness (QED) is 0.761. The van der Waals surface area contributed by atoms with Gasteiger partial charge >= 0.3 is 5.69 Å². The molecule has 2 N–H and O–H groups in total. The van der Waals surface area contributed by atoms with Crippen LogP contribution >= 0.6 is 0 Å². The van der Waals surface area contributed by atoms with E-state index in [1.165, 1.54) is 17.9 Å². The Morgan fingerprint density at radius 2 is 1.83 bits per heavy atom. The molecule has 7 heteroatoms. The molecule has 0 amide bonds. The van der Waals surface area contributed by atoms with Gasteiger partial charge in [0.05, 0.1) is 6.33 Å². The van der Waals surface area contributed by atoms with Crippen molar-refractivity contribution < 1.29 is 0 Å². The molecule has 0 spiro atoms. The van der Waals surface area contributed by atoms with E-state index in [0.29, 0.717) is 11.2 Å². The number of aromatic nitrogens is 4. The standard InChI is InChI=1S/C7H8N4O2.C4H11N/c1-10-5-4(8-3-9-5)6(12)11(2)7(10)13;1-3-5-4-2/h3H,1-2H3,(H,8,9);5H,3-4H2,1-2H3. The highest BCUT2D eigenvalue weighted by Gasteiger charge is 2.08. The first-order chi connectivity index (χ1) is 8.54. The minimum atomic E-state index is -0.371. The lowest BCUT2D eigenvalue weighted by Crippen LogP contribution is -2.36. The summed E-state index contributed by atoms with van der Waals surface area (Å²) < 4.78 is 2.37. The Morgan fingerprint density at radius 1 is 1.22 bits per heavy atom. The fourth-order valence-electron chi connectivity index (χ4n) is 1.52. The Balaban J connectivity index is 0.000000280. The number of nitrogens with zero attached hydrogens (tertiary/aromatic N) is 3. The Hall–Kier alpha value is -1.89. The number of rotatable bonds is 2. The number of aromatic amines is 1. The molecule has 2 heterocycles. The second-order valence-electron chi connectivity index (χ2n) is 3.76. The van der Waals surface area contributed by atoms with Crippen molar-refractivity contribution in [2.45, 2.75) is 13.8 Å². The van der Waals surface area contributed by atoms with E-state index in [0.717, 1.165) is 17.7 Å². The number of hydrogen-bond donors (Lipinski definition) is 2. The molecule has 0 bridgehead atoms. The number of imidazole rings is 1. The Bertz CT molecular complexity index is 620. The van der Waals surface area contributed by atoms with Gasteiger partial charge in [0.2, 0.25) is 0 Å². The molecule has 0 atom stereocenters. The van der Waals surface area contributed by atoms with Crippen molar-refractivity contribution in [3.05, 3.63) is 27.2 Å². The summed E-state index contributed by atoms with van der Waals surface area (Å²) in [6.07, 6.45) is 1.39. The van der Waals surface area contributed by atoms with E-state index in [-0.39, 0.29) is 11.2 Å². The average molecular weight is 253 g/mol. The molecule has 0 saturated heterocycles. The van der Waals surface area contributed by atoms with Gasteiger partial charge in [0.15, 0.2) is 5.65 Å². The average Bonchev–Trinajstić information content (AvgIpc) is 2.85. The molecule has 0 radical (unpaired) electrons. The van der Waals surface area contributed by atoms with Gasteiger partial charge in [0, 0.05) is 14.1 Å². The zero-order valence-electron chi connectivity index (χ0n) is 11.1. The van der Waals surface area contributed by atoms with Crippen molar-refractivity contribution in [2.24, 2.45) is 14.1 Å². The molecule has 2 aromatic rings. The fourth-order valence-corrected chi connectivity index (χ4v) is 1.52. The maximum Gasteiger partial charge on any atom is 0.332 e. The van der Waals surface area contributed by atoms with Crippen LogP contribution in [-0.2, 0) is 14.1 Å². The highest BCUT2D eigenvalue weighted by atomic mass is 16.2. The Labute approximate surface area is 104 Å². The Morgan fingerprint density at radius 3 is 2.33 bits per heavy atom. The maximum atomic E-state index is 11.4. The number of H-pyrrole nitrogens is 1.